The summed E-state index contributed by atoms with van der Waals surface area (Å²) in [6.07, 6.45) is 0. The van der Waals surface area contributed by atoms with Crippen molar-refractivity contribution in [3.63, 3.8) is 0 Å². The molecule has 0 amide bonds. The van der Waals surface area contributed by atoms with Crippen LogP contribution in [0.1, 0.15) is 13.8 Å². The van der Waals surface area contributed by atoms with Crippen LogP contribution in [0.25, 0.3) is 0 Å². The highest BCUT2D eigenvalue weighted by Gasteiger charge is 2.24. The molecule has 1 unspecified atom stereocenters. The number of ether oxygens (including phenoxy) is 1. The van der Waals surface area contributed by atoms with Gasteiger partial charge in [0, 0.05) is 39.3 Å². The molecule has 1 aromatic carbocycles. The van der Waals surface area contributed by atoms with Crippen molar-refractivity contribution in [2.24, 2.45) is 10.9 Å². The molecule has 0 bridgehead atoms. The monoisotopic (exact) mass is 414 g/mol. The molecular formula is C19H31FN4O3S. The summed E-state index contributed by atoms with van der Waals surface area (Å²) in [6, 6.07) is 5.75. The van der Waals surface area contributed by atoms with E-state index in [1.54, 1.807) is 7.05 Å². The molecule has 0 saturated carbocycles. The highest BCUT2D eigenvalue weighted by molar-refractivity contribution is 7.91. The fraction of sp³-hybridized carbons (Fsp3) is 0.632. The number of rotatable bonds is 8. The molecule has 1 aliphatic heterocycles. The SMILES string of the molecule is CN=C(NCCS(=O)(=O)c1ccccc1F)NCC(C(C)C)N1CCOCC1. The average Bonchev–Trinajstić information content (AvgIpc) is 2.67. The molecule has 2 rings (SSSR count). The van der Waals surface area contributed by atoms with Crippen LogP contribution in [0.15, 0.2) is 34.2 Å². The largest absolute Gasteiger partial charge is 0.379 e. The number of nitrogens with zero attached hydrogens (tertiary/aromatic N) is 2. The van der Waals surface area contributed by atoms with Crippen LogP contribution >= 0.6 is 0 Å². The minimum Gasteiger partial charge on any atom is -0.379 e. The maximum Gasteiger partial charge on any atom is 0.191 e. The van der Waals surface area contributed by atoms with Crippen LogP contribution in [0, 0.1) is 11.7 Å². The van der Waals surface area contributed by atoms with Crippen molar-refractivity contribution < 1.29 is 17.5 Å². The average molecular weight is 415 g/mol. The number of aliphatic imine (C=N–C) groups is 1. The van der Waals surface area contributed by atoms with Crippen molar-refractivity contribution in [3.8, 4) is 0 Å². The predicted octanol–water partition coefficient (Wildman–Crippen LogP) is 1.12. The van der Waals surface area contributed by atoms with E-state index in [2.05, 4.69) is 34.4 Å². The molecule has 158 valence electrons. The van der Waals surface area contributed by atoms with E-state index in [0.29, 0.717) is 24.5 Å². The van der Waals surface area contributed by atoms with Crippen molar-refractivity contribution in [2.45, 2.75) is 24.8 Å². The van der Waals surface area contributed by atoms with Gasteiger partial charge in [-0.2, -0.15) is 0 Å². The van der Waals surface area contributed by atoms with Crippen LogP contribution in [-0.4, -0.2) is 77.5 Å². The lowest BCUT2D eigenvalue weighted by molar-refractivity contribution is 0.00752. The highest BCUT2D eigenvalue weighted by Crippen LogP contribution is 2.15. The molecule has 0 aliphatic carbocycles. The van der Waals surface area contributed by atoms with E-state index in [-0.39, 0.29) is 17.2 Å². The van der Waals surface area contributed by atoms with Gasteiger partial charge in [0.1, 0.15) is 10.7 Å². The van der Waals surface area contributed by atoms with Crippen LogP contribution in [0.3, 0.4) is 0 Å². The van der Waals surface area contributed by atoms with Gasteiger partial charge in [0.15, 0.2) is 15.8 Å². The van der Waals surface area contributed by atoms with E-state index in [0.717, 1.165) is 32.4 Å². The van der Waals surface area contributed by atoms with Gasteiger partial charge in [0.25, 0.3) is 0 Å². The van der Waals surface area contributed by atoms with E-state index in [1.807, 2.05) is 0 Å². The number of guanidine groups is 1. The molecule has 1 fully saturated rings. The van der Waals surface area contributed by atoms with Gasteiger partial charge in [-0.25, -0.2) is 12.8 Å². The standard InChI is InChI=1S/C19H31FN4O3S/c1-15(2)17(24-9-11-27-12-10-24)14-23-19(21-3)22-8-13-28(25,26)18-7-5-4-6-16(18)20/h4-7,15,17H,8-14H2,1-3H3,(H2,21,22,23). The third kappa shape index (κ3) is 6.42. The second kappa shape index (κ2) is 10.7. The Bertz CT molecular complexity index is 749. The van der Waals surface area contributed by atoms with Gasteiger partial charge < -0.3 is 15.4 Å². The van der Waals surface area contributed by atoms with Crippen molar-refractivity contribution in [1.82, 2.24) is 15.5 Å². The Morgan fingerprint density at radius 2 is 1.93 bits per heavy atom. The zero-order valence-electron chi connectivity index (χ0n) is 16.8. The number of hydrogen-bond donors (Lipinski definition) is 2. The Balaban J connectivity index is 1.86. The molecule has 1 aliphatic rings. The molecule has 1 heterocycles. The molecule has 1 saturated heterocycles. The minimum atomic E-state index is -3.70. The number of benzene rings is 1. The van der Waals surface area contributed by atoms with Gasteiger partial charge >= 0.3 is 0 Å². The van der Waals surface area contributed by atoms with E-state index in [1.165, 1.54) is 18.2 Å². The van der Waals surface area contributed by atoms with E-state index in [4.69, 9.17) is 4.74 Å². The van der Waals surface area contributed by atoms with Crippen LogP contribution in [0.4, 0.5) is 4.39 Å². The first kappa shape index (κ1) is 22.6. The summed E-state index contributed by atoms with van der Waals surface area (Å²) in [6.45, 7) is 8.47. The normalized spacial score (nSPS) is 17.5. The number of nitrogens with one attached hydrogen (secondary N) is 2. The molecule has 0 aromatic heterocycles. The lowest BCUT2D eigenvalue weighted by atomic mass is 10.0. The number of morpholine rings is 1. The number of sulfone groups is 1. The first-order valence-corrected chi connectivity index (χ1v) is 11.2. The van der Waals surface area contributed by atoms with Gasteiger partial charge in [-0.3, -0.25) is 9.89 Å². The molecule has 28 heavy (non-hydrogen) atoms. The lowest BCUT2D eigenvalue weighted by Gasteiger charge is -2.37. The fourth-order valence-electron chi connectivity index (χ4n) is 3.23. The first-order chi connectivity index (χ1) is 13.3. The Morgan fingerprint density at radius 3 is 2.54 bits per heavy atom. The summed E-state index contributed by atoms with van der Waals surface area (Å²) in [5, 5.41) is 6.28. The van der Waals surface area contributed by atoms with Crippen molar-refractivity contribution in [2.75, 3.05) is 52.2 Å². The summed E-state index contributed by atoms with van der Waals surface area (Å²) in [5.74, 6) is 0.0363. The fourth-order valence-corrected chi connectivity index (χ4v) is 4.47. The molecular weight excluding hydrogens is 383 g/mol. The lowest BCUT2D eigenvalue weighted by Crippen LogP contribution is -2.52. The van der Waals surface area contributed by atoms with Crippen LogP contribution in [0.2, 0.25) is 0 Å². The van der Waals surface area contributed by atoms with Crippen LogP contribution in [-0.2, 0) is 14.6 Å². The molecule has 1 aromatic rings. The third-order valence-corrected chi connectivity index (χ3v) is 6.56. The maximum absolute atomic E-state index is 13.8. The molecule has 2 N–H and O–H groups in total. The number of halogens is 1. The van der Waals surface area contributed by atoms with Gasteiger partial charge in [0.2, 0.25) is 0 Å². The second-order valence-electron chi connectivity index (χ2n) is 7.09. The van der Waals surface area contributed by atoms with Crippen LogP contribution in [0.5, 0.6) is 0 Å². The van der Waals surface area contributed by atoms with E-state index in [9.17, 15) is 12.8 Å². The third-order valence-electron chi connectivity index (χ3n) is 4.82. The van der Waals surface area contributed by atoms with Gasteiger partial charge in [-0.05, 0) is 18.1 Å². The smallest absolute Gasteiger partial charge is 0.191 e. The Morgan fingerprint density at radius 1 is 1.25 bits per heavy atom. The Kier molecular flexibility index (Phi) is 8.65. The Labute approximate surface area is 167 Å². The van der Waals surface area contributed by atoms with E-state index < -0.39 is 15.7 Å². The summed E-state index contributed by atoms with van der Waals surface area (Å²) in [4.78, 5) is 6.29. The van der Waals surface area contributed by atoms with Crippen molar-refractivity contribution in [1.29, 1.82) is 0 Å². The van der Waals surface area contributed by atoms with Gasteiger partial charge in [0.05, 0.1) is 19.0 Å². The summed E-state index contributed by atoms with van der Waals surface area (Å²) in [7, 11) is -2.06. The molecule has 9 heteroatoms. The summed E-state index contributed by atoms with van der Waals surface area (Å²) >= 11 is 0. The first-order valence-electron chi connectivity index (χ1n) is 9.58. The quantitative estimate of drug-likeness (QED) is 0.490. The Hall–Kier alpha value is -1.71. The summed E-state index contributed by atoms with van der Waals surface area (Å²) in [5.41, 5.74) is 0. The van der Waals surface area contributed by atoms with Gasteiger partial charge in [-0.1, -0.05) is 26.0 Å². The molecule has 0 radical (unpaired) electrons. The topological polar surface area (TPSA) is 83.0 Å². The zero-order chi connectivity index (χ0) is 20.6. The molecule has 7 nitrogen and oxygen atoms in total. The molecule has 1 atom stereocenters. The molecule has 0 spiro atoms. The second-order valence-corrected chi connectivity index (χ2v) is 9.17. The minimum absolute atomic E-state index is 0.139. The zero-order valence-corrected chi connectivity index (χ0v) is 17.6. The van der Waals surface area contributed by atoms with Crippen molar-refractivity contribution >= 4 is 15.8 Å². The predicted molar refractivity (Wildman–Crippen MR) is 109 cm³/mol. The van der Waals surface area contributed by atoms with Crippen LogP contribution < -0.4 is 10.6 Å². The van der Waals surface area contributed by atoms with Crippen molar-refractivity contribution in [3.05, 3.63) is 30.1 Å². The maximum atomic E-state index is 13.8. The highest BCUT2D eigenvalue weighted by atomic mass is 32.2. The van der Waals surface area contributed by atoms with Gasteiger partial charge in [-0.15, -0.1) is 0 Å². The number of hydrogen-bond acceptors (Lipinski definition) is 5. The van der Waals surface area contributed by atoms with E-state index >= 15 is 0 Å². The summed E-state index contributed by atoms with van der Waals surface area (Å²) < 4.78 is 43.8.